The molecule has 0 spiro atoms. The Balaban J connectivity index is 2.57. The van der Waals surface area contributed by atoms with Crippen LogP contribution in [-0.4, -0.2) is 61.0 Å². The number of rotatable bonds is 5. The van der Waals surface area contributed by atoms with Crippen LogP contribution in [0, 0.1) is 17.3 Å². The molecule has 0 heterocycles. The second-order valence-corrected chi connectivity index (χ2v) is 5.68. The van der Waals surface area contributed by atoms with Gasteiger partial charge in [0.2, 0.25) is 5.91 Å². The van der Waals surface area contributed by atoms with Gasteiger partial charge in [-0.25, -0.2) is 0 Å². The summed E-state index contributed by atoms with van der Waals surface area (Å²) in [4.78, 5) is 26.7. The molecule has 5 nitrogen and oxygen atoms in total. The summed E-state index contributed by atoms with van der Waals surface area (Å²) in [5.74, 6) is -1.82. The first-order chi connectivity index (χ1) is 7.69. The topological polar surface area (TPSA) is 60.9 Å². The highest BCUT2D eigenvalue weighted by Crippen LogP contribution is 2.58. The Morgan fingerprint density at radius 1 is 1.12 bits per heavy atom. The molecule has 0 aromatic carbocycles. The zero-order valence-corrected chi connectivity index (χ0v) is 11.2. The van der Waals surface area contributed by atoms with E-state index in [0.717, 1.165) is 6.54 Å². The number of hydrogen-bond donors (Lipinski definition) is 1. The van der Waals surface area contributed by atoms with Gasteiger partial charge in [0.1, 0.15) is 0 Å². The summed E-state index contributed by atoms with van der Waals surface area (Å²) in [5, 5.41) is 9.03. The summed E-state index contributed by atoms with van der Waals surface area (Å²) < 4.78 is 0. The van der Waals surface area contributed by atoms with Crippen LogP contribution in [0.3, 0.4) is 0 Å². The van der Waals surface area contributed by atoms with E-state index in [0.29, 0.717) is 6.54 Å². The molecule has 0 radical (unpaired) electrons. The number of carbonyl (C=O) groups is 2. The fourth-order valence-electron chi connectivity index (χ4n) is 2.26. The first-order valence-electron chi connectivity index (χ1n) is 5.82. The van der Waals surface area contributed by atoms with Crippen LogP contribution < -0.4 is 0 Å². The Morgan fingerprint density at radius 2 is 1.65 bits per heavy atom. The smallest absolute Gasteiger partial charge is 0.307 e. The average molecular weight is 242 g/mol. The molecule has 1 aliphatic carbocycles. The van der Waals surface area contributed by atoms with E-state index in [9.17, 15) is 9.59 Å². The van der Waals surface area contributed by atoms with Crippen LogP contribution >= 0.6 is 0 Å². The van der Waals surface area contributed by atoms with E-state index < -0.39 is 17.3 Å². The molecule has 1 amide bonds. The van der Waals surface area contributed by atoms with E-state index >= 15 is 0 Å². The highest BCUT2D eigenvalue weighted by atomic mass is 16.4. The first kappa shape index (κ1) is 14.0. The fourth-order valence-corrected chi connectivity index (χ4v) is 2.26. The molecule has 1 saturated carbocycles. The number of amides is 1. The van der Waals surface area contributed by atoms with Crippen molar-refractivity contribution in [3.8, 4) is 0 Å². The van der Waals surface area contributed by atoms with Gasteiger partial charge < -0.3 is 14.9 Å². The quantitative estimate of drug-likeness (QED) is 0.756. The molecule has 1 N–H and O–H groups in total. The third-order valence-electron chi connectivity index (χ3n) is 3.62. The summed E-state index contributed by atoms with van der Waals surface area (Å²) in [5.41, 5.74) is -0.407. The molecule has 0 aliphatic heterocycles. The molecule has 17 heavy (non-hydrogen) atoms. The Morgan fingerprint density at radius 3 is 2.00 bits per heavy atom. The molecule has 0 bridgehead atoms. The van der Waals surface area contributed by atoms with Gasteiger partial charge in [-0.1, -0.05) is 13.8 Å². The highest BCUT2D eigenvalue weighted by Gasteiger charge is 2.66. The van der Waals surface area contributed by atoms with Crippen molar-refractivity contribution >= 4 is 11.9 Å². The molecule has 1 fully saturated rings. The van der Waals surface area contributed by atoms with Gasteiger partial charge in [0, 0.05) is 20.1 Å². The van der Waals surface area contributed by atoms with E-state index in [4.69, 9.17) is 5.11 Å². The number of likely N-dealkylation sites (N-methyl/N-ethyl adjacent to an activating group) is 2. The number of carboxylic acids is 1. The molecular formula is C12H22N2O3. The van der Waals surface area contributed by atoms with Crippen molar-refractivity contribution in [2.45, 2.75) is 13.8 Å². The lowest BCUT2D eigenvalue weighted by atomic mass is 10.1. The van der Waals surface area contributed by atoms with Gasteiger partial charge in [0.25, 0.3) is 0 Å². The van der Waals surface area contributed by atoms with Crippen molar-refractivity contribution in [2.75, 3.05) is 34.2 Å². The predicted molar refractivity (Wildman–Crippen MR) is 64.6 cm³/mol. The Bertz CT molecular complexity index is 326. The van der Waals surface area contributed by atoms with E-state index in [1.807, 2.05) is 32.8 Å². The minimum absolute atomic E-state index is 0.0516. The first-order valence-corrected chi connectivity index (χ1v) is 5.82. The minimum Gasteiger partial charge on any atom is -0.481 e. The lowest BCUT2D eigenvalue weighted by molar-refractivity contribution is -0.141. The normalized spacial score (nSPS) is 25.8. The van der Waals surface area contributed by atoms with E-state index in [1.165, 1.54) is 0 Å². The number of carboxylic acid groups (broad SMARTS) is 1. The average Bonchev–Trinajstić information content (AvgIpc) is 2.76. The molecule has 5 heteroatoms. The molecule has 1 rings (SSSR count). The standard InChI is InChI=1S/C12H22N2O3/c1-12(2)8(9(12)11(16)17)10(15)14(5)7-6-13(3)4/h8-9H,6-7H2,1-5H3,(H,16,17). The monoisotopic (exact) mass is 242 g/mol. The van der Waals surface area contributed by atoms with E-state index in [1.54, 1.807) is 11.9 Å². The summed E-state index contributed by atoms with van der Waals surface area (Å²) >= 11 is 0. The van der Waals surface area contributed by atoms with Gasteiger partial charge in [-0.15, -0.1) is 0 Å². The van der Waals surface area contributed by atoms with Crippen LogP contribution in [0.4, 0.5) is 0 Å². The molecule has 2 unspecified atom stereocenters. The molecule has 98 valence electrons. The molecule has 0 aromatic heterocycles. The maximum absolute atomic E-state index is 12.1. The summed E-state index contributed by atoms with van der Waals surface area (Å²) in [6.07, 6.45) is 0. The minimum atomic E-state index is -0.866. The van der Waals surface area contributed by atoms with Gasteiger partial charge >= 0.3 is 5.97 Å². The summed E-state index contributed by atoms with van der Waals surface area (Å²) in [7, 11) is 5.62. The van der Waals surface area contributed by atoms with Crippen molar-refractivity contribution in [1.82, 2.24) is 9.80 Å². The molecule has 2 atom stereocenters. The Labute approximate surface area is 102 Å². The number of nitrogens with zero attached hydrogens (tertiary/aromatic N) is 2. The SMILES string of the molecule is CN(C)CCN(C)C(=O)C1C(C(=O)O)C1(C)C. The number of hydrogen-bond acceptors (Lipinski definition) is 3. The number of carbonyl (C=O) groups excluding carboxylic acids is 1. The summed E-state index contributed by atoms with van der Waals surface area (Å²) in [6.45, 7) is 5.10. The van der Waals surface area contributed by atoms with Crippen molar-refractivity contribution in [3.05, 3.63) is 0 Å². The maximum Gasteiger partial charge on any atom is 0.307 e. The highest BCUT2D eigenvalue weighted by molar-refractivity contribution is 5.91. The molecule has 1 aliphatic rings. The second kappa shape index (κ2) is 4.64. The second-order valence-electron chi connectivity index (χ2n) is 5.68. The summed E-state index contributed by atoms with van der Waals surface area (Å²) in [6, 6.07) is 0. The third-order valence-corrected chi connectivity index (χ3v) is 3.62. The van der Waals surface area contributed by atoms with Crippen LogP contribution in [0.1, 0.15) is 13.8 Å². The van der Waals surface area contributed by atoms with Gasteiger partial charge in [-0.3, -0.25) is 9.59 Å². The zero-order chi connectivity index (χ0) is 13.4. The Hall–Kier alpha value is -1.10. The van der Waals surface area contributed by atoms with Crippen LogP contribution in [0.5, 0.6) is 0 Å². The maximum atomic E-state index is 12.1. The van der Waals surface area contributed by atoms with Crippen LogP contribution in [0.15, 0.2) is 0 Å². The van der Waals surface area contributed by atoms with Gasteiger partial charge in [0.05, 0.1) is 11.8 Å². The molecular weight excluding hydrogens is 220 g/mol. The van der Waals surface area contributed by atoms with Gasteiger partial charge in [-0.2, -0.15) is 0 Å². The van der Waals surface area contributed by atoms with Crippen LogP contribution in [0.25, 0.3) is 0 Å². The zero-order valence-electron chi connectivity index (χ0n) is 11.2. The third kappa shape index (κ3) is 2.77. The predicted octanol–water partition coefficient (Wildman–Crippen LogP) is 0.363. The van der Waals surface area contributed by atoms with E-state index in [2.05, 4.69) is 0 Å². The van der Waals surface area contributed by atoms with Crippen molar-refractivity contribution in [1.29, 1.82) is 0 Å². The van der Waals surface area contributed by atoms with Crippen molar-refractivity contribution in [2.24, 2.45) is 17.3 Å². The van der Waals surface area contributed by atoms with Crippen molar-refractivity contribution in [3.63, 3.8) is 0 Å². The fraction of sp³-hybridized carbons (Fsp3) is 0.833. The van der Waals surface area contributed by atoms with E-state index in [-0.39, 0.29) is 11.8 Å². The number of aliphatic carboxylic acids is 1. The molecule has 0 saturated heterocycles. The van der Waals surface area contributed by atoms with Crippen LogP contribution in [-0.2, 0) is 9.59 Å². The largest absolute Gasteiger partial charge is 0.481 e. The molecule has 0 aromatic rings. The Kier molecular flexibility index (Phi) is 3.81. The van der Waals surface area contributed by atoms with Crippen molar-refractivity contribution < 1.29 is 14.7 Å². The lowest BCUT2D eigenvalue weighted by Gasteiger charge is -2.20. The van der Waals surface area contributed by atoms with Gasteiger partial charge in [0.15, 0.2) is 0 Å². The van der Waals surface area contributed by atoms with Gasteiger partial charge in [-0.05, 0) is 19.5 Å². The van der Waals surface area contributed by atoms with Crippen LogP contribution in [0.2, 0.25) is 0 Å². The lowest BCUT2D eigenvalue weighted by Crippen LogP contribution is -2.35.